The van der Waals surface area contributed by atoms with E-state index in [4.69, 9.17) is 4.42 Å². The third-order valence-electron chi connectivity index (χ3n) is 3.35. The van der Waals surface area contributed by atoms with Crippen LogP contribution in [0.2, 0.25) is 0 Å². The zero-order valence-electron chi connectivity index (χ0n) is 11.0. The van der Waals surface area contributed by atoms with Gasteiger partial charge in [0.2, 0.25) is 5.88 Å². The molecule has 0 radical (unpaired) electrons. The first-order chi connectivity index (χ1) is 9.08. The van der Waals surface area contributed by atoms with Crippen molar-refractivity contribution in [2.45, 2.75) is 25.8 Å². The van der Waals surface area contributed by atoms with Crippen molar-refractivity contribution < 1.29 is 9.52 Å². The number of nitrogens with zero attached hydrogens (tertiary/aromatic N) is 2. The van der Waals surface area contributed by atoms with Gasteiger partial charge in [0, 0.05) is 17.8 Å². The van der Waals surface area contributed by atoms with Crippen LogP contribution in [-0.2, 0) is 0 Å². The van der Waals surface area contributed by atoms with Crippen molar-refractivity contribution in [2.24, 2.45) is 0 Å². The lowest BCUT2D eigenvalue weighted by Crippen LogP contribution is -2.38. The molecule has 19 heavy (non-hydrogen) atoms. The molecule has 0 aromatic carbocycles. The van der Waals surface area contributed by atoms with E-state index in [2.05, 4.69) is 18.8 Å². The van der Waals surface area contributed by atoms with Crippen LogP contribution in [0.15, 0.2) is 52.9 Å². The molecule has 1 N–H and O–H groups in total. The van der Waals surface area contributed by atoms with Crippen LogP contribution in [-0.4, -0.2) is 15.6 Å². The zero-order chi connectivity index (χ0) is 13.5. The van der Waals surface area contributed by atoms with Crippen LogP contribution in [0.4, 0.5) is 5.88 Å². The summed E-state index contributed by atoms with van der Waals surface area (Å²) in [5.41, 5.74) is 0.609. The number of hydrogen-bond donors (Lipinski definition) is 1. The molecule has 0 saturated carbocycles. The van der Waals surface area contributed by atoms with Crippen LogP contribution in [0.1, 0.15) is 20.3 Å². The number of aliphatic hydroxyl groups is 1. The first kappa shape index (κ1) is 11.8. The molecule has 0 fully saturated rings. The van der Waals surface area contributed by atoms with Gasteiger partial charge in [-0.2, -0.15) is 0 Å². The monoisotopic (exact) mass is 256 g/mol. The Morgan fingerprint density at radius 1 is 1.26 bits per heavy atom. The summed E-state index contributed by atoms with van der Waals surface area (Å²) in [5, 5.41) is 9.97. The Balaban J connectivity index is 1.96. The van der Waals surface area contributed by atoms with E-state index in [1.165, 1.54) is 0 Å². The molecule has 0 bridgehead atoms. The maximum absolute atomic E-state index is 9.97. The SMILES string of the molecule is CC1(C)CC=C(O)N1c1ccc(-c2ccccn2)o1. The second-order valence-corrected chi connectivity index (χ2v) is 5.27. The highest BCUT2D eigenvalue weighted by molar-refractivity contribution is 5.58. The predicted molar refractivity (Wildman–Crippen MR) is 73.8 cm³/mol. The van der Waals surface area contributed by atoms with Crippen molar-refractivity contribution in [3.8, 4) is 11.5 Å². The predicted octanol–water partition coefficient (Wildman–Crippen LogP) is 3.73. The number of aromatic nitrogens is 1. The smallest absolute Gasteiger partial charge is 0.203 e. The molecule has 0 aliphatic carbocycles. The summed E-state index contributed by atoms with van der Waals surface area (Å²) in [6.07, 6.45) is 4.33. The Kier molecular flexibility index (Phi) is 2.59. The van der Waals surface area contributed by atoms with Crippen LogP contribution in [0.3, 0.4) is 0 Å². The molecule has 0 saturated heterocycles. The number of anilines is 1. The van der Waals surface area contributed by atoms with Gasteiger partial charge in [0.15, 0.2) is 11.6 Å². The molecule has 4 nitrogen and oxygen atoms in total. The molecule has 1 aliphatic heterocycles. The summed E-state index contributed by atoms with van der Waals surface area (Å²) in [4.78, 5) is 6.06. The average molecular weight is 256 g/mol. The van der Waals surface area contributed by atoms with E-state index in [0.717, 1.165) is 12.1 Å². The van der Waals surface area contributed by atoms with E-state index in [1.54, 1.807) is 11.1 Å². The highest BCUT2D eigenvalue weighted by atomic mass is 16.4. The van der Waals surface area contributed by atoms with E-state index in [0.29, 0.717) is 11.6 Å². The van der Waals surface area contributed by atoms with Crippen molar-refractivity contribution in [1.82, 2.24) is 4.98 Å². The van der Waals surface area contributed by atoms with Crippen LogP contribution < -0.4 is 4.90 Å². The molecular formula is C15H16N2O2. The van der Waals surface area contributed by atoms with Crippen molar-refractivity contribution in [1.29, 1.82) is 0 Å². The summed E-state index contributed by atoms with van der Waals surface area (Å²) >= 11 is 0. The van der Waals surface area contributed by atoms with Crippen LogP contribution in [0.5, 0.6) is 0 Å². The molecule has 3 rings (SSSR count). The number of furan rings is 1. The van der Waals surface area contributed by atoms with Crippen molar-refractivity contribution in [3.63, 3.8) is 0 Å². The fourth-order valence-electron chi connectivity index (χ4n) is 2.34. The third-order valence-corrected chi connectivity index (χ3v) is 3.35. The molecule has 0 atom stereocenters. The van der Waals surface area contributed by atoms with Crippen molar-refractivity contribution in [2.75, 3.05) is 4.90 Å². The molecule has 98 valence electrons. The minimum atomic E-state index is -0.177. The maximum Gasteiger partial charge on any atom is 0.203 e. The highest BCUT2D eigenvalue weighted by Crippen LogP contribution is 2.37. The van der Waals surface area contributed by atoms with Gasteiger partial charge in [-0.1, -0.05) is 6.07 Å². The van der Waals surface area contributed by atoms with Gasteiger partial charge in [0.25, 0.3) is 0 Å². The zero-order valence-corrected chi connectivity index (χ0v) is 11.0. The average Bonchev–Trinajstić information content (AvgIpc) is 2.96. The minimum Gasteiger partial charge on any atom is -0.495 e. The van der Waals surface area contributed by atoms with Gasteiger partial charge in [-0.3, -0.25) is 9.88 Å². The van der Waals surface area contributed by atoms with Crippen molar-refractivity contribution in [3.05, 3.63) is 48.5 Å². The van der Waals surface area contributed by atoms with Gasteiger partial charge in [-0.15, -0.1) is 0 Å². The Labute approximate surface area is 112 Å². The molecule has 0 spiro atoms. The molecule has 3 heterocycles. The van der Waals surface area contributed by atoms with Gasteiger partial charge < -0.3 is 9.52 Å². The number of aliphatic hydroxyl groups excluding tert-OH is 1. The van der Waals surface area contributed by atoms with Crippen molar-refractivity contribution >= 4 is 5.88 Å². The molecule has 2 aromatic rings. The number of rotatable bonds is 2. The Morgan fingerprint density at radius 2 is 2.11 bits per heavy atom. The summed E-state index contributed by atoms with van der Waals surface area (Å²) in [5.74, 6) is 1.58. The van der Waals surface area contributed by atoms with E-state index in [-0.39, 0.29) is 11.4 Å². The fraction of sp³-hybridized carbons (Fsp3) is 0.267. The first-order valence-electron chi connectivity index (χ1n) is 6.28. The highest BCUT2D eigenvalue weighted by Gasteiger charge is 2.36. The molecule has 0 unspecified atom stereocenters. The fourth-order valence-corrected chi connectivity index (χ4v) is 2.34. The number of pyridine rings is 1. The van der Waals surface area contributed by atoms with E-state index in [9.17, 15) is 5.11 Å². The van der Waals surface area contributed by atoms with Gasteiger partial charge in [-0.25, -0.2) is 0 Å². The summed E-state index contributed by atoms with van der Waals surface area (Å²) < 4.78 is 5.82. The van der Waals surface area contributed by atoms with E-state index < -0.39 is 0 Å². The lowest BCUT2D eigenvalue weighted by atomic mass is 10.0. The van der Waals surface area contributed by atoms with Gasteiger partial charge in [0.05, 0.1) is 0 Å². The molecule has 0 amide bonds. The largest absolute Gasteiger partial charge is 0.495 e. The minimum absolute atomic E-state index is 0.177. The normalized spacial score (nSPS) is 17.6. The van der Waals surface area contributed by atoms with Gasteiger partial charge in [-0.05, 0) is 44.5 Å². The van der Waals surface area contributed by atoms with Crippen LogP contribution in [0.25, 0.3) is 11.5 Å². The van der Waals surface area contributed by atoms with E-state index >= 15 is 0 Å². The standard InChI is InChI=1S/C15H16N2O2/c1-15(2)9-8-13(18)17(15)14-7-6-12(19-14)11-5-3-4-10-16-11/h3-8,10,18H,9H2,1-2H3. The van der Waals surface area contributed by atoms with E-state index in [1.807, 2.05) is 36.4 Å². The number of hydrogen-bond acceptors (Lipinski definition) is 4. The lowest BCUT2D eigenvalue weighted by Gasteiger charge is -2.31. The quantitative estimate of drug-likeness (QED) is 0.889. The Hall–Kier alpha value is -2.23. The maximum atomic E-state index is 9.97. The van der Waals surface area contributed by atoms with Crippen LogP contribution >= 0.6 is 0 Å². The lowest BCUT2D eigenvalue weighted by molar-refractivity contribution is 0.355. The molecule has 4 heteroatoms. The topological polar surface area (TPSA) is 49.5 Å². The van der Waals surface area contributed by atoms with Gasteiger partial charge >= 0.3 is 0 Å². The molecule has 2 aromatic heterocycles. The summed E-state index contributed by atoms with van der Waals surface area (Å²) in [6.45, 7) is 4.13. The summed E-state index contributed by atoms with van der Waals surface area (Å²) in [7, 11) is 0. The Morgan fingerprint density at radius 3 is 2.74 bits per heavy atom. The Bertz CT molecular complexity index is 614. The first-order valence-corrected chi connectivity index (χ1v) is 6.28. The second-order valence-electron chi connectivity index (χ2n) is 5.27. The van der Waals surface area contributed by atoms with Gasteiger partial charge in [0.1, 0.15) is 5.69 Å². The second kappa shape index (κ2) is 4.16. The van der Waals surface area contributed by atoms with Crippen LogP contribution in [0, 0.1) is 0 Å². The summed E-state index contributed by atoms with van der Waals surface area (Å²) in [6, 6.07) is 9.42. The third kappa shape index (κ3) is 1.99. The molecular weight excluding hydrogens is 240 g/mol. The molecule has 1 aliphatic rings.